The van der Waals surface area contributed by atoms with Crippen LogP contribution in [-0.4, -0.2) is 49.7 Å². The highest BCUT2D eigenvalue weighted by molar-refractivity contribution is 7.89. The van der Waals surface area contributed by atoms with Gasteiger partial charge in [-0.2, -0.15) is 9.41 Å². The molecule has 1 heterocycles. The Hall–Kier alpha value is -2.04. The highest BCUT2D eigenvalue weighted by Gasteiger charge is 2.30. The van der Waals surface area contributed by atoms with Crippen molar-refractivity contribution in [3.63, 3.8) is 0 Å². The van der Waals surface area contributed by atoms with Gasteiger partial charge in [-0.05, 0) is 18.9 Å². The maximum Gasteiger partial charge on any atom is 0.270 e. The van der Waals surface area contributed by atoms with Gasteiger partial charge in [0.15, 0.2) is 0 Å². The average Bonchev–Trinajstić information content (AvgIpc) is 2.63. The number of rotatable bonds is 7. The van der Waals surface area contributed by atoms with Crippen LogP contribution in [0.5, 0.6) is 0 Å². The molecule has 138 valence electrons. The Kier molecular flexibility index (Phi) is 6.45. The van der Waals surface area contributed by atoms with E-state index in [0.717, 1.165) is 24.6 Å². The summed E-state index contributed by atoms with van der Waals surface area (Å²) in [7, 11) is -3.89. The standard InChI is InChI=1S/C15H22N4O5S/c1-3-12(4-2)16-17-14-6-5-13(19(20)21)11-15(14)25(22,23)18-7-9-24-10-8-18/h5-6,11,17H,3-4,7-10H2,1-2H3. The van der Waals surface area contributed by atoms with Gasteiger partial charge in [0.2, 0.25) is 10.0 Å². The van der Waals surface area contributed by atoms with E-state index in [2.05, 4.69) is 10.5 Å². The van der Waals surface area contributed by atoms with E-state index in [1.807, 2.05) is 13.8 Å². The van der Waals surface area contributed by atoms with Crippen molar-refractivity contribution in [3.05, 3.63) is 28.3 Å². The summed E-state index contributed by atoms with van der Waals surface area (Å²) in [6, 6.07) is 3.70. The first-order chi connectivity index (χ1) is 11.9. The Bertz CT molecular complexity index is 751. The number of nitro groups is 1. The Labute approximate surface area is 146 Å². The number of hydrogen-bond donors (Lipinski definition) is 1. The maximum atomic E-state index is 12.9. The van der Waals surface area contributed by atoms with Crippen LogP contribution < -0.4 is 5.43 Å². The number of sulfonamides is 1. The third kappa shape index (κ3) is 4.53. The van der Waals surface area contributed by atoms with Gasteiger partial charge in [-0.25, -0.2) is 8.42 Å². The smallest absolute Gasteiger partial charge is 0.270 e. The van der Waals surface area contributed by atoms with Gasteiger partial charge < -0.3 is 4.74 Å². The van der Waals surface area contributed by atoms with E-state index in [1.165, 1.54) is 16.4 Å². The normalized spacial score (nSPS) is 15.6. The van der Waals surface area contributed by atoms with Crippen molar-refractivity contribution >= 4 is 27.1 Å². The van der Waals surface area contributed by atoms with Crippen molar-refractivity contribution in [2.45, 2.75) is 31.6 Å². The van der Waals surface area contributed by atoms with Crippen LogP contribution in [0.1, 0.15) is 26.7 Å². The van der Waals surface area contributed by atoms with Crippen LogP contribution in [0.25, 0.3) is 0 Å². The molecule has 0 atom stereocenters. The lowest BCUT2D eigenvalue weighted by Crippen LogP contribution is -2.40. The van der Waals surface area contributed by atoms with Gasteiger partial charge in [0, 0.05) is 30.9 Å². The molecule has 1 fully saturated rings. The molecule has 1 N–H and O–H groups in total. The van der Waals surface area contributed by atoms with E-state index in [-0.39, 0.29) is 29.4 Å². The molecule has 1 aliphatic heterocycles. The molecule has 9 nitrogen and oxygen atoms in total. The number of nitro benzene ring substituents is 1. The van der Waals surface area contributed by atoms with Crippen molar-refractivity contribution < 1.29 is 18.1 Å². The second-order valence-electron chi connectivity index (χ2n) is 5.45. The minimum atomic E-state index is -3.89. The molecule has 0 aliphatic carbocycles. The van der Waals surface area contributed by atoms with Crippen LogP contribution >= 0.6 is 0 Å². The minimum Gasteiger partial charge on any atom is -0.379 e. The molecule has 25 heavy (non-hydrogen) atoms. The molecule has 1 aromatic rings. The van der Waals surface area contributed by atoms with Gasteiger partial charge >= 0.3 is 0 Å². The first-order valence-corrected chi connectivity index (χ1v) is 9.52. The molecule has 0 amide bonds. The molecule has 1 aliphatic rings. The predicted octanol–water partition coefficient (Wildman–Crippen LogP) is 2.20. The zero-order chi connectivity index (χ0) is 18.4. The molecule has 0 unspecified atom stereocenters. The number of anilines is 1. The fraction of sp³-hybridized carbons (Fsp3) is 0.533. The van der Waals surface area contributed by atoms with E-state index in [9.17, 15) is 18.5 Å². The van der Waals surface area contributed by atoms with E-state index < -0.39 is 14.9 Å². The number of nitrogens with one attached hydrogen (secondary N) is 1. The van der Waals surface area contributed by atoms with Crippen LogP contribution in [0.2, 0.25) is 0 Å². The second kappa shape index (κ2) is 8.37. The molecule has 10 heteroatoms. The van der Waals surface area contributed by atoms with Crippen LogP contribution in [0.4, 0.5) is 11.4 Å². The van der Waals surface area contributed by atoms with Crippen LogP contribution in [0.3, 0.4) is 0 Å². The summed E-state index contributed by atoms with van der Waals surface area (Å²) < 4.78 is 32.3. The summed E-state index contributed by atoms with van der Waals surface area (Å²) in [6.45, 7) is 4.91. The zero-order valence-electron chi connectivity index (χ0n) is 14.3. The lowest BCUT2D eigenvalue weighted by molar-refractivity contribution is -0.385. The van der Waals surface area contributed by atoms with E-state index in [0.29, 0.717) is 13.2 Å². The molecule has 0 radical (unpaired) electrons. The number of hydrazone groups is 1. The van der Waals surface area contributed by atoms with Crippen molar-refractivity contribution in [2.75, 3.05) is 31.7 Å². The predicted molar refractivity (Wildman–Crippen MR) is 94.3 cm³/mol. The topological polar surface area (TPSA) is 114 Å². The van der Waals surface area contributed by atoms with E-state index >= 15 is 0 Å². The number of hydrogen-bond acceptors (Lipinski definition) is 7. The first kappa shape index (κ1) is 19.3. The Balaban J connectivity index is 2.46. The van der Waals surface area contributed by atoms with Gasteiger partial charge in [0.05, 0.1) is 23.8 Å². The molecular formula is C15H22N4O5S. The van der Waals surface area contributed by atoms with Gasteiger partial charge in [0.1, 0.15) is 4.90 Å². The fourth-order valence-corrected chi connectivity index (χ4v) is 3.97. The Morgan fingerprint density at radius 2 is 1.96 bits per heavy atom. The number of benzene rings is 1. The summed E-state index contributed by atoms with van der Waals surface area (Å²) in [5, 5.41) is 15.3. The first-order valence-electron chi connectivity index (χ1n) is 8.08. The summed E-state index contributed by atoms with van der Waals surface area (Å²) in [5.74, 6) is 0. The number of ether oxygens (including phenoxy) is 1. The fourth-order valence-electron chi connectivity index (χ4n) is 2.40. The van der Waals surface area contributed by atoms with E-state index in [1.54, 1.807) is 0 Å². The summed E-state index contributed by atoms with van der Waals surface area (Å²) in [6.07, 6.45) is 1.45. The van der Waals surface area contributed by atoms with Gasteiger partial charge in [-0.15, -0.1) is 0 Å². The highest BCUT2D eigenvalue weighted by atomic mass is 32.2. The van der Waals surface area contributed by atoms with Gasteiger partial charge in [-0.3, -0.25) is 15.5 Å². The summed E-state index contributed by atoms with van der Waals surface area (Å²) in [4.78, 5) is 10.3. The third-order valence-corrected chi connectivity index (χ3v) is 5.85. The number of morpholine rings is 1. The molecule has 1 saturated heterocycles. The maximum absolute atomic E-state index is 12.9. The van der Waals surface area contributed by atoms with Crippen LogP contribution in [0, 0.1) is 10.1 Å². The lowest BCUT2D eigenvalue weighted by Gasteiger charge is -2.26. The van der Waals surface area contributed by atoms with Crippen molar-refractivity contribution in [2.24, 2.45) is 5.10 Å². The molecule has 0 spiro atoms. The Morgan fingerprint density at radius 3 is 2.52 bits per heavy atom. The molecule has 0 bridgehead atoms. The van der Waals surface area contributed by atoms with Gasteiger partial charge in [-0.1, -0.05) is 13.8 Å². The van der Waals surface area contributed by atoms with Crippen molar-refractivity contribution in [1.82, 2.24) is 4.31 Å². The summed E-state index contributed by atoms with van der Waals surface area (Å²) in [5.41, 5.74) is 3.56. The molecular weight excluding hydrogens is 348 g/mol. The minimum absolute atomic E-state index is 0.154. The van der Waals surface area contributed by atoms with Crippen molar-refractivity contribution in [3.8, 4) is 0 Å². The van der Waals surface area contributed by atoms with Gasteiger partial charge in [0.25, 0.3) is 5.69 Å². The second-order valence-corrected chi connectivity index (χ2v) is 7.36. The van der Waals surface area contributed by atoms with Crippen LogP contribution in [-0.2, 0) is 14.8 Å². The summed E-state index contributed by atoms with van der Waals surface area (Å²) >= 11 is 0. The lowest BCUT2D eigenvalue weighted by atomic mass is 10.2. The number of nitrogens with zero attached hydrogens (tertiary/aromatic N) is 3. The molecule has 0 saturated carbocycles. The third-order valence-electron chi connectivity index (χ3n) is 3.91. The zero-order valence-corrected chi connectivity index (χ0v) is 15.1. The molecule has 0 aromatic heterocycles. The monoisotopic (exact) mass is 370 g/mol. The SMILES string of the molecule is CCC(CC)=NNc1ccc([N+](=O)[O-])cc1S(=O)(=O)N1CCOCC1. The quantitative estimate of drug-likeness (QED) is 0.447. The Morgan fingerprint density at radius 1 is 1.32 bits per heavy atom. The van der Waals surface area contributed by atoms with Crippen molar-refractivity contribution in [1.29, 1.82) is 0 Å². The van der Waals surface area contributed by atoms with E-state index in [4.69, 9.17) is 4.74 Å². The average molecular weight is 370 g/mol. The largest absolute Gasteiger partial charge is 0.379 e. The highest BCUT2D eigenvalue weighted by Crippen LogP contribution is 2.29. The van der Waals surface area contributed by atoms with Crippen LogP contribution in [0.15, 0.2) is 28.2 Å². The molecule has 2 rings (SSSR count). The number of non-ortho nitro benzene ring substituents is 1. The molecule has 1 aromatic carbocycles.